The summed E-state index contributed by atoms with van der Waals surface area (Å²) in [6.45, 7) is 2.53. The van der Waals surface area contributed by atoms with Gasteiger partial charge in [0.15, 0.2) is 9.84 Å². The van der Waals surface area contributed by atoms with Crippen LogP contribution in [0.1, 0.15) is 19.0 Å². The van der Waals surface area contributed by atoms with Crippen LogP contribution >= 0.6 is 0 Å². The highest BCUT2D eigenvalue weighted by atomic mass is 32.2. The quantitative estimate of drug-likeness (QED) is 0.878. The van der Waals surface area contributed by atoms with Gasteiger partial charge in [-0.1, -0.05) is 18.2 Å². The van der Waals surface area contributed by atoms with Gasteiger partial charge in [-0.15, -0.1) is 0 Å². The summed E-state index contributed by atoms with van der Waals surface area (Å²) in [5.41, 5.74) is 1.48. The third kappa shape index (κ3) is 4.19. The average Bonchev–Trinajstić information content (AvgIpc) is 3.21. The fourth-order valence-corrected chi connectivity index (χ4v) is 4.69. The van der Waals surface area contributed by atoms with E-state index < -0.39 is 9.84 Å². The maximum absolute atomic E-state index is 12.4. The van der Waals surface area contributed by atoms with Crippen molar-refractivity contribution in [3.63, 3.8) is 0 Å². The van der Waals surface area contributed by atoms with E-state index in [-0.39, 0.29) is 30.1 Å². The summed E-state index contributed by atoms with van der Waals surface area (Å²) in [6, 6.07) is 8.96. The lowest BCUT2D eigenvalue weighted by Crippen LogP contribution is -2.46. The number of hydrogen-bond donors (Lipinski definition) is 1. The Balaban J connectivity index is 1.59. The first-order chi connectivity index (χ1) is 12.0. The molecule has 0 bridgehead atoms. The van der Waals surface area contributed by atoms with E-state index in [0.717, 1.165) is 5.56 Å². The number of sulfone groups is 1. The van der Waals surface area contributed by atoms with Gasteiger partial charge in [-0.25, -0.2) is 18.2 Å². The highest BCUT2D eigenvalue weighted by Crippen LogP contribution is 2.19. The number of amides is 2. The molecule has 1 aliphatic heterocycles. The number of nitrogens with one attached hydrogen (secondary N) is 1. The van der Waals surface area contributed by atoms with Gasteiger partial charge >= 0.3 is 6.03 Å². The molecule has 0 radical (unpaired) electrons. The van der Waals surface area contributed by atoms with Crippen LogP contribution in [-0.2, 0) is 16.4 Å². The molecule has 0 unspecified atom stereocenters. The van der Waals surface area contributed by atoms with Crippen LogP contribution in [-0.4, -0.2) is 48.4 Å². The van der Waals surface area contributed by atoms with Crippen LogP contribution in [0.5, 0.6) is 0 Å². The highest BCUT2D eigenvalue weighted by molar-refractivity contribution is 7.91. The first-order valence-electron chi connectivity index (χ1n) is 8.23. The maximum Gasteiger partial charge on any atom is 0.317 e. The van der Waals surface area contributed by atoms with Gasteiger partial charge in [0.05, 0.1) is 23.7 Å². The van der Waals surface area contributed by atoms with Crippen molar-refractivity contribution in [2.24, 2.45) is 0 Å². The highest BCUT2D eigenvalue weighted by Gasteiger charge is 2.33. The second kappa shape index (κ2) is 7.26. The molecule has 1 saturated heterocycles. The summed E-state index contributed by atoms with van der Waals surface area (Å²) in [7, 11) is -3.03. The number of benzene rings is 1. The van der Waals surface area contributed by atoms with Crippen molar-refractivity contribution < 1.29 is 17.6 Å². The number of aromatic nitrogens is 1. The third-order valence-electron chi connectivity index (χ3n) is 4.24. The minimum Gasteiger partial charge on any atom is -0.444 e. The molecule has 2 aromatic rings. The van der Waals surface area contributed by atoms with E-state index in [1.807, 2.05) is 37.3 Å². The fourth-order valence-electron chi connectivity index (χ4n) is 2.96. The van der Waals surface area contributed by atoms with E-state index in [2.05, 4.69) is 10.3 Å². The van der Waals surface area contributed by atoms with Gasteiger partial charge in [-0.3, -0.25) is 0 Å². The molecule has 134 valence electrons. The number of rotatable bonds is 5. The van der Waals surface area contributed by atoms with E-state index in [1.165, 1.54) is 6.26 Å². The van der Waals surface area contributed by atoms with Crippen LogP contribution in [0.15, 0.2) is 41.0 Å². The van der Waals surface area contributed by atoms with E-state index >= 15 is 0 Å². The lowest BCUT2D eigenvalue weighted by Gasteiger charge is -2.26. The zero-order valence-corrected chi connectivity index (χ0v) is 14.8. The monoisotopic (exact) mass is 363 g/mol. The second-order valence-corrected chi connectivity index (χ2v) is 8.24. The Labute approximate surface area is 147 Å². The molecule has 3 rings (SSSR count). The minimum absolute atomic E-state index is 0.0381. The Morgan fingerprint density at radius 1 is 1.36 bits per heavy atom. The third-order valence-corrected chi connectivity index (χ3v) is 5.99. The van der Waals surface area contributed by atoms with Gasteiger partial charge in [0, 0.05) is 18.2 Å². The Hall–Kier alpha value is -2.35. The molecular formula is C17H21N3O4S. The minimum atomic E-state index is -3.03. The molecule has 1 aromatic heterocycles. The Kier molecular flexibility index (Phi) is 5.08. The normalized spacial score (nSPS) is 18.8. The van der Waals surface area contributed by atoms with Gasteiger partial charge in [0.1, 0.15) is 6.26 Å². The van der Waals surface area contributed by atoms with Crippen LogP contribution in [0.4, 0.5) is 4.79 Å². The van der Waals surface area contributed by atoms with Crippen molar-refractivity contribution in [2.75, 3.05) is 18.1 Å². The molecule has 0 spiro atoms. The van der Waals surface area contributed by atoms with Gasteiger partial charge in [-0.2, -0.15) is 0 Å². The van der Waals surface area contributed by atoms with Crippen molar-refractivity contribution >= 4 is 15.9 Å². The molecule has 1 atom stereocenters. The van der Waals surface area contributed by atoms with E-state index in [1.54, 1.807) is 4.90 Å². The van der Waals surface area contributed by atoms with Crippen LogP contribution in [0.3, 0.4) is 0 Å². The fraction of sp³-hybridized carbons (Fsp3) is 0.412. The zero-order chi connectivity index (χ0) is 17.9. The summed E-state index contributed by atoms with van der Waals surface area (Å²) < 4.78 is 28.7. The van der Waals surface area contributed by atoms with E-state index in [0.29, 0.717) is 24.6 Å². The summed E-state index contributed by atoms with van der Waals surface area (Å²) in [4.78, 5) is 18.3. The Morgan fingerprint density at radius 2 is 2.12 bits per heavy atom. The molecule has 1 aromatic carbocycles. The molecule has 8 heteroatoms. The summed E-state index contributed by atoms with van der Waals surface area (Å²) in [6.07, 6.45) is 2.00. The van der Waals surface area contributed by atoms with E-state index in [4.69, 9.17) is 4.42 Å². The van der Waals surface area contributed by atoms with Crippen LogP contribution < -0.4 is 5.32 Å². The van der Waals surface area contributed by atoms with Gasteiger partial charge in [0.25, 0.3) is 0 Å². The molecular weight excluding hydrogens is 342 g/mol. The molecule has 25 heavy (non-hydrogen) atoms. The smallest absolute Gasteiger partial charge is 0.317 e. The molecule has 7 nitrogen and oxygen atoms in total. The number of carbonyl (C=O) groups is 1. The number of oxazole rings is 1. The number of carbonyl (C=O) groups excluding carboxylic acids is 1. The lowest BCUT2D eigenvalue weighted by molar-refractivity contribution is 0.183. The number of hydrogen-bond acceptors (Lipinski definition) is 5. The largest absolute Gasteiger partial charge is 0.444 e. The van der Waals surface area contributed by atoms with Crippen molar-refractivity contribution in [1.29, 1.82) is 0 Å². The standard InChI is InChI=1S/C17H21N3O4S/c1-2-20(15-8-9-25(22,23)12-15)17(21)18-10-14-11-24-16(19-14)13-6-4-3-5-7-13/h3-7,11,15H,2,8-10,12H2,1H3,(H,18,21)/t15-/m1/s1. The molecule has 1 fully saturated rings. The van der Waals surface area contributed by atoms with Gasteiger partial charge in [-0.05, 0) is 25.5 Å². The average molecular weight is 363 g/mol. The SMILES string of the molecule is CCN(C(=O)NCc1coc(-c2ccccc2)n1)[C@@H]1CCS(=O)(=O)C1. The van der Waals surface area contributed by atoms with Crippen molar-refractivity contribution in [3.05, 3.63) is 42.3 Å². The molecule has 1 aliphatic rings. The maximum atomic E-state index is 12.4. The Bertz CT molecular complexity index is 833. The number of nitrogens with zero attached hydrogens (tertiary/aromatic N) is 2. The molecule has 0 saturated carbocycles. The summed E-state index contributed by atoms with van der Waals surface area (Å²) in [5.74, 6) is 0.681. The van der Waals surface area contributed by atoms with Crippen LogP contribution in [0, 0.1) is 0 Å². The zero-order valence-electron chi connectivity index (χ0n) is 14.0. The van der Waals surface area contributed by atoms with Gasteiger partial charge < -0.3 is 14.6 Å². The van der Waals surface area contributed by atoms with Crippen LogP contribution in [0.2, 0.25) is 0 Å². The lowest BCUT2D eigenvalue weighted by atomic mass is 10.2. The first kappa shape index (κ1) is 17.5. The number of urea groups is 1. The van der Waals surface area contributed by atoms with Crippen molar-refractivity contribution in [2.45, 2.75) is 25.9 Å². The Morgan fingerprint density at radius 3 is 2.76 bits per heavy atom. The second-order valence-electron chi connectivity index (χ2n) is 6.01. The molecule has 2 heterocycles. The van der Waals surface area contributed by atoms with Crippen molar-refractivity contribution in [1.82, 2.24) is 15.2 Å². The van der Waals surface area contributed by atoms with Crippen LogP contribution in [0.25, 0.3) is 11.5 Å². The summed E-state index contributed by atoms with van der Waals surface area (Å²) in [5, 5.41) is 2.79. The van der Waals surface area contributed by atoms with Gasteiger partial charge in [0.2, 0.25) is 5.89 Å². The topological polar surface area (TPSA) is 92.5 Å². The molecule has 0 aliphatic carbocycles. The molecule has 2 amide bonds. The molecule has 1 N–H and O–H groups in total. The van der Waals surface area contributed by atoms with E-state index in [9.17, 15) is 13.2 Å². The first-order valence-corrected chi connectivity index (χ1v) is 10.1. The summed E-state index contributed by atoms with van der Waals surface area (Å²) >= 11 is 0. The predicted molar refractivity (Wildman–Crippen MR) is 93.6 cm³/mol. The van der Waals surface area contributed by atoms with Crippen molar-refractivity contribution in [3.8, 4) is 11.5 Å². The predicted octanol–water partition coefficient (Wildman–Crippen LogP) is 2.06.